The number of hydrogen-bond acceptors (Lipinski definition) is 2. The first-order valence-corrected chi connectivity index (χ1v) is 7.81. The Morgan fingerprint density at radius 2 is 2.24 bits per heavy atom. The van der Waals surface area contributed by atoms with E-state index in [9.17, 15) is 4.79 Å². The van der Waals surface area contributed by atoms with Gasteiger partial charge in [0, 0.05) is 40.7 Å². The van der Waals surface area contributed by atoms with Crippen molar-refractivity contribution in [1.82, 2.24) is 9.88 Å². The highest BCUT2D eigenvalue weighted by molar-refractivity contribution is 6.14. The number of hydrogen-bond donors (Lipinski definition) is 1. The summed E-state index contributed by atoms with van der Waals surface area (Å²) in [5.41, 5.74) is 6.12. The number of nitrogens with one attached hydrogen (secondary N) is 1. The fourth-order valence-corrected chi connectivity index (χ4v) is 4.54. The molecule has 0 unspecified atom stereocenters. The Bertz CT molecular complexity index is 829. The van der Waals surface area contributed by atoms with Crippen molar-refractivity contribution in [2.75, 3.05) is 13.1 Å². The maximum absolute atomic E-state index is 12.4. The molecule has 3 aliphatic rings. The molecular weight excluding hydrogens is 260 g/mol. The average Bonchev–Trinajstić information content (AvgIpc) is 3.01. The van der Waals surface area contributed by atoms with Gasteiger partial charge in [-0.25, -0.2) is 0 Å². The van der Waals surface area contributed by atoms with Crippen molar-refractivity contribution in [1.29, 1.82) is 0 Å². The van der Waals surface area contributed by atoms with Gasteiger partial charge in [-0.2, -0.15) is 0 Å². The van der Waals surface area contributed by atoms with E-state index in [1.165, 1.54) is 29.7 Å². The first kappa shape index (κ1) is 11.8. The highest BCUT2D eigenvalue weighted by Gasteiger charge is 2.45. The van der Waals surface area contributed by atoms with Crippen molar-refractivity contribution < 1.29 is 4.79 Å². The summed E-state index contributed by atoms with van der Waals surface area (Å²) in [4.78, 5) is 18.7. The number of H-pyrrole nitrogens is 1. The van der Waals surface area contributed by atoms with Gasteiger partial charge >= 0.3 is 0 Å². The molecule has 0 bridgehead atoms. The first-order chi connectivity index (χ1) is 10.2. The van der Waals surface area contributed by atoms with Crippen LogP contribution in [0.5, 0.6) is 0 Å². The molecule has 21 heavy (non-hydrogen) atoms. The maximum atomic E-state index is 12.4. The quantitative estimate of drug-likeness (QED) is 0.801. The molecule has 0 amide bonds. The fourth-order valence-electron chi connectivity index (χ4n) is 4.54. The van der Waals surface area contributed by atoms with Gasteiger partial charge in [0.25, 0.3) is 0 Å². The van der Waals surface area contributed by atoms with Gasteiger partial charge in [0.2, 0.25) is 0 Å². The second-order valence-electron chi connectivity index (χ2n) is 6.76. The predicted molar refractivity (Wildman–Crippen MR) is 83.4 cm³/mol. The highest BCUT2D eigenvalue weighted by atomic mass is 16.1. The van der Waals surface area contributed by atoms with Crippen LogP contribution in [0, 0.1) is 0 Å². The second-order valence-corrected chi connectivity index (χ2v) is 6.76. The average molecular weight is 278 g/mol. The zero-order chi connectivity index (χ0) is 14.2. The number of benzene rings is 1. The van der Waals surface area contributed by atoms with E-state index in [1.807, 2.05) is 12.1 Å². The molecule has 106 valence electrons. The molecule has 1 aromatic heterocycles. The van der Waals surface area contributed by atoms with Crippen molar-refractivity contribution in [3.05, 3.63) is 41.1 Å². The van der Waals surface area contributed by atoms with E-state index in [0.717, 1.165) is 29.6 Å². The van der Waals surface area contributed by atoms with Crippen molar-refractivity contribution in [3.63, 3.8) is 0 Å². The molecule has 2 aromatic rings. The summed E-state index contributed by atoms with van der Waals surface area (Å²) in [5.74, 6) is 0.245. The summed E-state index contributed by atoms with van der Waals surface area (Å²) in [6, 6.07) is 6.09. The lowest BCUT2D eigenvalue weighted by molar-refractivity contribution is 0.0997. The molecule has 0 spiro atoms. The van der Waals surface area contributed by atoms with Crippen LogP contribution in [0.4, 0.5) is 0 Å². The van der Waals surface area contributed by atoms with Crippen molar-refractivity contribution in [2.24, 2.45) is 0 Å². The van der Waals surface area contributed by atoms with E-state index in [0.29, 0.717) is 6.42 Å². The lowest BCUT2D eigenvalue weighted by Gasteiger charge is -2.40. The molecule has 1 aromatic carbocycles. The molecule has 3 nitrogen and oxygen atoms in total. The first-order valence-electron chi connectivity index (χ1n) is 7.81. The summed E-state index contributed by atoms with van der Waals surface area (Å²) in [7, 11) is 0. The molecule has 1 N–H and O–H groups in total. The van der Waals surface area contributed by atoms with Gasteiger partial charge in [0.05, 0.1) is 5.54 Å². The van der Waals surface area contributed by atoms with Gasteiger partial charge in [0.15, 0.2) is 5.78 Å². The van der Waals surface area contributed by atoms with E-state index in [-0.39, 0.29) is 11.3 Å². The van der Waals surface area contributed by atoms with Crippen LogP contribution in [0.2, 0.25) is 0 Å². The molecule has 1 saturated heterocycles. The third-order valence-corrected chi connectivity index (χ3v) is 5.67. The smallest absolute Gasteiger partial charge is 0.167 e. The van der Waals surface area contributed by atoms with Crippen LogP contribution in [-0.2, 0) is 5.54 Å². The van der Waals surface area contributed by atoms with Gasteiger partial charge in [-0.1, -0.05) is 18.2 Å². The number of carbonyl (C=O) groups excluding carboxylic acids is 1. The minimum Gasteiger partial charge on any atom is -0.356 e. The van der Waals surface area contributed by atoms with E-state index < -0.39 is 0 Å². The Labute approximate surface area is 123 Å². The van der Waals surface area contributed by atoms with Crippen molar-refractivity contribution >= 4 is 22.3 Å². The Hall–Kier alpha value is -1.87. The number of aromatic amines is 1. The van der Waals surface area contributed by atoms with Crippen LogP contribution < -0.4 is 0 Å². The number of carbonyl (C=O) groups is 1. The summed E-state index contributed by atoms with van der Waals surface area (Å²) in [5, 5.41) is 1.16. The Morgan fingerprint density at radius 3 is 3.14 bits per heavy atom. The molecular formula is C18H18N2O. The lowest BCUT2D eigenvalue weighted by atomic mass is 9.84. The van der Waals surface area contributed by atoms with E-state index in [2.05, 4.69) is 29.0 Å². The largest absolute Gasteiger partial charge is 0.356 e. The third-order valence-electron chi connectivity index (χ3n) is 5.67. The van der Waals surface area contributed by atoms with Crippen molar-refractivity contribution in [2.45, 2.75) is 31.7 Å². The Kier molecular flexibility index (Phi) is 2.05. The molecule has 5 rings (SSSR count). The molecule has 0 saturated carbocycles. The van der Waals surface area contributed by atoms with E-state index >= 15 is 0 Å². The van der Waals surface area contributed by atoms with E-state index in [1.54, 1.807) is 0 Å². The molecule has 2 aliphatic heterocycles. The third kappa shape index (κ3) is 1.30. The molecule has 1 atom stereocenters. The number of ketones is 1. The van der Waals surface area contributed by atoms with Crippen LogP contribution in [0.25, 0.3) is 16.5 Å². The molecule has 0 radical (unpaired) electrons. The number of nitrogens with zero attached hydrogens (tertiary/aromatic N) is 1. The summed E-state index contributed by atoms with van der Waals surface area (Å²) in [6.07, 6.45) is 5.15. The number of allylic oxidation sites excluding steroid dienone is 1. The number of Topliss-reactive ketones (excluding diaryl/α,β-unsaturated/α-hetero) is 1. The lowest BCUT2D eigenvalue weighted by Crippen LogP contribution is -2.43. The topological polar surface area (TPSA) is 36.1 Å². The van der Waals surface area contributed by atoms with Gasteiger partial charge in [-0.05, 0) is 37.9 Å². The molecule has 1 aliphatic carbocycles. The fraction of sp³-hybridized carbons (Fsp3) is 0.389. The van der Waals surface area contributed by atoms with Crippen molar-refractivity contribution in [3.8, 4) is 0 Å². The molecule has 1 fully saturated rings. The number of aromatic nitrogens is 1. The van der Waals surface area contributed by atoms with Crippen LogP contribution in [0.3, 0.4) is 0 Å². The van der Waals surface area contributed by atoms with Crippen LogP contribution >= 0.6 is 0 Å². The van der Waals surface area contributed by atoms with Gasteiger partial charge in [-0.3, -0.25) is 9.69 Å². The second kappa shape index (κ2) is 3.66. The Morgan fingerprint density at radius 1 is 1.33 bits per heavy atom. The minimum atomic E-state index is 0.107. The zero-order valence-corrected chi connectivity index (χ0v) is 12.2. The predicted octanol–water partition coefficient (Wildman–Crippen LogP) is 3.46. The van der Waals surface area contributed by atoms with E-state index in [4.69, 9.17) is 0 Å². The number of rotatable bonds is 0. The summed E-state index contributed by atoms with van der Waals surface area (Å²) < 4.78 is 0. The van der Waals surface area contributed by atoms with Crippen LogP contribution in [0.1, 0.15) is 47.8 Å². The summed E-state index contributed by atoms with van der Waals surface area (Å²) in [6.45, 7) is 4.49. The zero-order valence-electron chi connectivity index (χ0n) is 12.2. The summed E-state index contributed by atoms with van der Waals surface area (Å²) >= 11 is 0. The van der Waals surface area contributed by atoms with Crippen LogP contribution in [0.15, 0.2) is 24.3 Å². The van der Waals surface area contributed by atoms with Gasteiger partial charge in [0.1, 0.15) is 0 Å². The minimum absolute atomic E-state index is 0.107. The molecule has 3 heterocycles. The van der Waals surface area contributed by atoms with Crippen LogP contribution in [-0.4, -0.2) is 28.8 Å². The van der Waals surface area contributed by atoms with Gasteiger partial charge in [-0.15, -0.1) is 0 Å². The Balaban J connectivity index is 1.95. The maximum Gasteiger partial charge on any atom is 0.167 e. The SMILES string of the molecule is C[C@]12CCCN1CC1=CCC(=O)c3cccc4[nH]c2c1c34. The highest BCUT2D eigenvalue weighted by Crippen LogP contribution is 2.49. The molecule has 3 heteroatoms. The standard InChI is InChI=1S/C18H18N2O/c1-18-8-3-9-20(18)10-11-6-7-14(21)12-4-2-5-13-16(12)15(11)17(18)19-13/h2,4-6,19H,3,7-10H2,1H3/t18-/m1/s1. The normalized spacial score (nSPS) is 27.7. The monoisotopic (exact) mass is 278 g/mol. The number of fused-ring (bicyclic) bond motifs is 2. The van der Waals surface area contributed by atoms with Gasteiger partial charge < -0.3 is 4.98 Å².